The molecule has 5 heteroatoms. The average molecular weight is 232 g/mol. The molecule has 0 spiro atoms. The first-order valence-electron chi connectivity index (χ1n) is 5.37. The zero-order valence-corrected chi connectivity index (χ0v) is 10.2. The highest BCUT2D eigenvalue weighted by Crippen LogP contribution is 2.17. The van der Waals surface area contributed by atoms with Crippen molar-refractivity contribution in [2.24, 2.45) is 5.73 Å². The molecule has 0 aliphatic carbocycles. The lowest BCUT2D eigenvalue weighted by Gasteiger charge is -2.41. The third-order valence-corrected chi connectivity index (χ3v) is 3.14. The summed E-state index contributed by atoms with van der Waals surface area (Å²) in [5, 5.41) is 9.07. The molecular formula is C10H20N2O2S. The lowest BCUT2D eigenvalue weighted by atomic mass is 10.1. The molecule has 3 N–H and O–H groups in total. The van der Waals surface area contributed by atoms with Crippen LogP contribution in [0.1, 0.15) is 20.3 Å². The maximum absolute atomic E-state index is 9.07. The molecule has 0 bridgehead atoms. The Kier molecular flexibility index (Phi) is 4.92. The van der Waals surface area contributed by atoms with Gasteiger partial charge in [-0.3, -0.25) is 4.90 Å². The van der Waals surface area contributed by atoms with Crippen LogP contribution in [0.4, 0.5) is 0 Å². The Balaban J connectivity index is 2.67. The zero-order valence-electron chi connectivity index (χ0n) is 9.35. The van der Waals surface area contributed by atoms with Gasteiger partial charge in [0, 0.05) is 12.6 Å². The van der Waals surface area contributed by atoms with Crippen molar-refractivity contribution in [1.82, 2.24) is 4.90 Å². The van der Waals surface area contributed by atoms with Crippen molar-refractivity contribution >= 4 is 17.2 Å². The smallest absolute Gasteiger partial charge is 0.0933 e. The van der Waals surface area contributed by atoms with Crippen LogP contribution in [0.25, 0.3) is 0 Å². The maximum Gasteiger partial charge on any atom is 0.0933 e. The van der Waals surface area contributed by atoms with E-state index in [1.54, 1.807) is 0 Å². The normalized spacial score (nSPS) is 30.1. The van der Waals surface area contributed by atoms with Gasteiger partial charge in [-0.25, -0.2) is 0 Å². The van der Waals surface area contributed by atoms with Crippen molar-refractivity contribution in [3.05, 3.63) is 0 Å². The fourth-order valence-corrected chi connectivity index (χ4v) is 2.28. The number of nitrogens with zero attached hydrogens (tertiary/aromatic N) is 1. The van der Waals surface area contributed by atoms with Gasteiger partial charge in [-0.05, 0) is 13.3 Å². The second-order valence-electron chi connectivity index (χ2n) is 4.01. The molecule has 1 saturated heterocycles. The fraction of sp³-hybridized carbons (Fsp3) is 0.900. The minimum Gasteiger partial charge on any atom is -0.394 e. The third kappa shape index (κ3) is 3.11. The predicted molar refractivity (Wildman–Crippen MR) is 63.9 cm³/mol. The van der Waals surface area contributed by atoms with Crippen molar-refractivity contribution in [3.8, 4) is 0 Å². The molecule has 0 aromatic heterocycles. The molecule has 15 heavy (non-hydrogen) atoms. The van der Waals surface area contributed by atoms with Gasteiger partial charge in [0.05, 0.1) is 30.3 Å². The highest BCUT2D eigenvalue weighted by Gasteiger charge is 2.31. The summed E-state index contributed by atoms with van der Waals surface area (Å²) in [6, 6.07) is 0.423. The number of thiocarbonyl (C=S) groups is 1. The summed E-state index contributed by atoms with van der Waals surface area (Å²) in [5.74, 6) is 0. The van der Waals surface area contributed by atoms with Gasteiger partial charge in [-0.1, -0.05) is 19.1 Å². The molecule has 1 rings (SSSR count). The van der Waals surface area contributed by atoms with Gasteiger partial charge in [0.2, 0.25) is 0 Å². The summed E-state index contributed by atoms with van der Waals surface area (Å²) in [6.07, 6.45) is 0.794. The molecule has 3 atom stereocenters. The fourth-order valence-electron chi connectivity index (χ4n) is 1.98. The SMILES string of the molecule is CCC(C(N)=S)N1CC(CO)OCC1C. The summed E-state index contributed by atoms with van der Waals surface area (Å²) in [4.78, 5) is 2.76. The summed E-state index contributed by atoms with van der Waals surface area (Å²) in [5.41, 5.74) is 5.71. The van der Waals surface area contributed by atoms with Crippen LogP contribution >= 0.6 is 12.2 Å². The maximum atomic E-state index is 9.07. The molecule has 0 aromatic carbocycles. The van der Waals surface area contributed by atoms with Crippen LogP contribution < -0.4 is 5.73 Å². The van der Waals surface area contributed by atoms with E-state index in [0.29, 0.717) is 24.2 Å². The van der Waals surface area contributed by atoms with Gasteiger partial charge in [0.1, 0.15) is 0 Å². The van der Waals surface area contributed by atoms with Crippen molar-refractivity contribution < 1.29 is 9.84 Å². The molecule has 88 valence electrons. The highest BCUT2D eigenvalue weighted by atomic mass is 32.1. The van der Waals surface area contributed by atoms with Gasteiger partial charge >= 0.3 is 0 Å². The van der Waals surface area contributed by atoms with Gasteiger partial charge < -0.3 is 15.6 Å². The Morgan fingerprint density at radius 1 is 1.73 bits per heavy atom. The van der Waals surface area contributed by atoms with Crippen LogP contribution in [0.5, 0.6) is 0 Å². The molecule has 3 unspecified atom stereocenters. The number of nitrogens with two attached hydrogens (primary N) is 1. The molecule has 1 aliphatic rings. The first-order valence-corrected chi connectivity index (χ1v) is 5.78. The van der Waals surface area contributed by atoms with Crippen LogP contribution in [-0.2, 0) is 4.74 Å². The van der Waals surface area contributed by atoms with Gasteiger partial charge in [-0.2, -0.15) is 0 Å². The number of hydrogen-bond acceptors (Lipinski definition) is 4. The molecule has 0 radical (unpaired) electrons. The van der Waals surface area contributed by atoms with Crippen LogP contribution in [0.2, 0.25) is 0 Å². The van der Waals surface area contributed by atoms with Crippen LogP contribution in [0.3, 0.4) is 0 Å². The Morgan fingerprint density at radius 2 is 2.40 bits per heavy atom. The first kappa shape index (κ1) is 12.8. The van der Waals surface area contributed by atoms with E-state index in [1.807, 2.05) is 0 Å². The first-order chi connectivity index (χ1) is 7.10. The molecule has 4 nitrogen and oxygen atoms in total. The van der Waals surface area contributed by atoms with Gasteiger partial charge in [-0.15, -0.1) is 0 Å². The number of aliphatic hydroxyl groups is 1. The third-order valence-electron chi connectivity index (χ3n) is 2.87. The molecule has 0 amide bonds. The highest BCUT2D eigenvalue weighted by molar-refractivity contribution is 7.80. The number of aliphatic hydroxyl groups excluding tert-OH is 1. The summed E-state index contributed by atoms with van der Waals surface area (Å²) >= 11 is 5.06. The lowest BCUT2D eigenvalue weighted by Crippen LogP contribution is -2.56. The molecule has 1 fully saturated rings. The Morgan fingerprint density at radius 3 is 2.87 bits per heavy atom. The van der Waals surface area contributed by atoms with E-state index in [2.05, 4.69) is 18.7 Å². The minimum absolute atomic E-state index is 0.0526. The van der Waals surface area contributed by atoms with Crippen molar-refractivity contribution in [3.63, 3.8) is 0 Å². The van der Waals surface area contributed by atoms with Crippen molar-refractivity contribution in [1.29, 1.82) is 0 Å². The Bertz CT molecular complexity index is 225. The summed E-state index contributed by atoms with van der Waals surface area (Å²) in [7, 11) is 0. The van der Waals surface area contributed by atoms with Crippen molar-refractivity contribution in [2.45, 2.75) is 38.5 Å². The monoisotopic (exact) mass is 232 g/mol. The van der Waals surface area contributed by atoms with E-state index in [9.17, 15) is 0 Å². The molecular weight excluding hydrogens is 212 g/mol. The minimum atomic E-state index is -0.107. The second-order valence-corrected chi connectivity index (χ2v) is 4.48. The quantitative estimate of drug-likeness (QED) is 0.675. The largest absolute Gasteiger partial charge is 0.394 e. The predicted octanol–water partition coefficient (Wildman–Crippen LogP) is 0.133. The lowest BCUT2D eigenvalue weighted by molar-refractivity contribution is -0.0837. The molecule has 1 heterocycles. The van der Waals surface area contributed by atoms with Gasteiger partial charge in [0.25, 0.3) is 0 Å². The van der Waals surface area contributed by atoms with Crippen LogP contribution in [0.15, 0.2) is 0 Å². The van der Waals surface area contributed by atoms with E-state index in [4.69, 9.17) is 27.8 Å². The van der Waals surface area contributed by atoms with E-state index in [1.165, 1.54) is 0 Å². The van der Waals surface area contributed by atoms with Crippen molar-refractivity contribution in [2.75, 3.05) is 19.8 Å². The van der Waals surface area contributed by atoms with E-state index < -0.39 is 0 Å². The van der Waals surface area contributed by atoms with E-state index in [0.717, 1.165) is 6.42 Å². The topological polar surface area (TPSA) is 58.7 Å². The standard InChI is InChI=1S/C10H20N2O2S/c1-3-9(10(11)15)12-4-8(5-13)14-6-7(12)2/h7-9,13H,3-6H2,1-2H3,(H2,11,15). The number of ether oxygens (including phenoxy) is 1. The Labute approximate surface area is 96.4 Å². The molecule has 0 aromatic rings. The second kappa shape index (κ2) is 5.75. The average Bonchev–Trinajstić information content (AvgIpc) is 2.21. The molecule has 1 aliphatic heterocycles. The molecule has 0 saturated carbocycles. The summed E-state index contributed by atoms with van der Waals surface area (Å²) in [6.45, 7) is 5.54. The number of rotatable bonds is 4. The summed E-state index contributed by atoms with van der Waals surface area (Å²) < 4.78 is 5.47. The number of morpholine rings is 1. The van der Waals surface area contributed by atoms with Crippen LogP contribution in [0, 0.1) is 0 Å². The Hall–Kier alpha value is -0.230. The van der Waals surface area contributed by atoms with E-state index in [-0.39, 0.29) is 18.8 Å². The van der Waals surface area contributed by atoms with E-state index >= 15 is 0 Å². The zero-order chi connectivity index (χ0) is 11.4. The number of hydrogen-bond donors (Lipinski definition) is 2. The van der Waals surface area contributed by atoms with Crippen LogP contribution in [-0.4, -0.2) is 52.9 Å². The van der Waals surface area contributed by atoms with Gasteiger partial charge in [0.15, 0.2) is 0 Å².